The molecule has 0 aliphatic carbocycles. The van der Waals surface area contributed by atoms with Crippen LogP contribution in [0.5, 0.6) is 0 Å². The Morgan fingerprint density at radius 1 is 1.28 bits per heavy atom. The van der Waals surface area contributed by atoms with Gasteiger partial charge in [0.2, 0.25) is 5.91 Å². The molecule has 140 valence electrons. The van der Waals surface area contributed by atoms with Gasteiger partial charge in [-0.15, -0.1) is 5.10 Å². The molecule has 1 aromatic heterocycles. The van der Waals surface area contributed by atoms with Crippen molar-refractivity contribution in [2.24, 2.45) is 5.73 Å². The molecule has 0 unspecified atom stereocenters. The summed E-state index contributed by atoms with van der Waals surface area (Å²) in [6.07, 6.45) is 1.88. The number of amides is 1. The van der Waals surface area contributed by atoms with Gasteiger partial charge in [0.15, 0.2) is 0 Å². The molecule has 0 radical (unpaired) electrons. The molecule has 1 amide bonds. The maximum Gasteiger partial charge on any atom is 0.303 e. The zero-order valence-corrected chi connectivity index (χ0v) is 15.2. The molecule has 9 nitrogen and oxygen atoms in total. The minimum atomic E-state index is -0.891. The summed E-state index contributed by atoms with van der Waals surface area (Å²) >= 11 is 0. The van der Waals surface area contributed by atoms with Gasteiger partial charge in [0.1, 0.15) is 6.04 Å². The van der Waals surface area contributed by atoms with Crippen LogP contribution in [0, 0.1) is 0 Å². The largest absolute Gasteiger partial charge is 0.481 e. The predicted molar refractivity (Wildman–Crippen MR) is 92.0 cm³/mol. The summed E-state index contributed by atoms with van der Waals surface area (Å²) in [5.74, 6) is -0.955. The maximum absolute atomic E-state index is 12.8. The zero-order chi connectivity index (χ0) is 18.6. The molecule has 2 heterocycles. The summed E-state index contributed by atoms with van der Waals surface area (Å²) in [6.45, 7) is 9.60. The first kappa shape index (κ1) is 19.3. The van der Waals surface area contributed by atoms with Gasteiger partial charge in [-0.2, -0.15) is 0 Å². The van der Waals surface area contributed by atoms with Crippen molar-refractivity contribution in [1.82, 2.24) is 24.8 Å². The summed E-state index contributed by atoms with van der Waals surface area (Å²) in [6, 6.07) is -0.604. The van der Waals surface area contributed by atoms with Crippen LogP contribution in [0.2, 0.25) is 0 Å². The topological polar surface area (TPSA) is 118 Å². The lowest BCUT2D eigenvalue weighted by Crippen LogP contribution is -2.56. The van der Waals surface area contributed by atoms with Gasteiger partial charge in [0, 0.05) is 50.9 Å². The number of aliphatic carboxylic acids is 1. The summed E-state index contributed by atoms with van der Waals surface area (Å²) in [5, 5.41) is 16.6. The highest BCUT2D eigenvalue weighted by Gasteiger charge is 2.31. The summed E-state index contributed by atoms with van der Waals surface area (Å²) < 4.78 is 1.45. The SMILES string of the molecule is CC(C)(C)N1CCN(C(=O)[C@H](CN)n2cc(CCC(=O)O)nn2)CC1. The smallest absolute Gasteiger partial charge is 0.303 e. The third kappa shape index (κ3) is 4.99. The van der Waals surface area contributed by atoms with Gasteiger partial charge in [0.05, 0.1) is 12.1 Å². The number of carbonyl (C=O) groups excluding carboxylic acids is 1. The Labute approximate surface area is 147 Å². The van der Waals surface area contributed by atoms with Gasteiger partial charge in [-0.05, 0) is 20.8 Å². The van der Waals surface area contributed by atoms with E-state index in [2.05, 4.69) is 36.0 Å². The van der Waals surface area contributed by atoms with Crippen molar-refractivity contribution in [3.05, 3.63) is 11.9 Å². The fraction of sp³-hybridized carbons (Fsp3) is 0.750. The molecular weight excluding hydrogens is 324 g/mol. The highest BCUT2D eigenvalue weighted by atomic mass is 16.4. The molecule has 0 aromatic carbocycles. The number of carboxylic acid groups (broad SMARTS) is 1. The highest BCUT2D eigenvalue weighted by molar-refractivity contribution is 5.80. The van der Waals surface area contributed by atoms with Crippen LogP contribution in [-0.2, 0) is 16.0 Å². The standard InChI is InChI=1S/C16H28N6O3/c1-16(2,3)21-8-6-20(7-9-21)15(25)13(10-17)22-11-12(18-19-22)4-5-14(23)24/h11,13H,4-10,17H2,1-3H3,(H,23,24)/t13-/m0/s1. The van der Waals surface area contributed by atoms with E-state index in [1.165, 1.54) is 4.68 Å². The van der Waals surface area contributed by atoms with Crippen LogP contribution in [0.3, 0.4) is 0 Å². The molecule has 3 N–H and O–H groups in total. The minimum Gasteiger partial charge on any atom is -0.481 e. The number of carboxylic acids is 1. The van der Waals surface area contributed by atoms with E-state index in [-0.39, 0.29) is 30.8 Å². The molecule has 1 aliphatic heterocycles. The van der Waals surface area contributed by atoms with Gasteiger partial charge in [-0.25, -0.2) is 4.68 Å². The van der Waals surface area contributed by atoms with Gasteiger partial charge < -0.3 is 15.7 Å². The van der Waals surface area contributed by atoms with Crippen LogP contribution in [-0.4, -0.2) is 80.0 Å². The van der Waals surface area contributed by atoms with E-state index >= 15 is 0 Å². The van der Waals surface area contributed by atoms with Crippen LogP contribution in [0.25, 0.3) is 0 Å². The molecule has 1 aromatic rings. The second-order valence-electron chi connectivity index (χ2n) is 7.32. The number of nitrogens with two attached hydrogens (primary N) is 1. The summed E-state index contributed by atoms with van der Waals surface area (Å²) in [7, 11) is 0. The monoisotopic (exact) mass is 352 g/mol. The third-order valence-corrected chi connectivity index (χ3v) is 4.52. The van der Waals surface area contributed by atoms with Crippen molar-refractivity contribution in [3.63, 3.8) is 0 Å². The highest BCUT2D eigenvalue weighted by Crippen LogP contribution is 2.18. The fourth-order valence-electron chi connectivity index (χ4n) is 2.95. The lowest BCUT2D eigenvalue weighted by Gasteiger charge is -2.42. The first-order valence-corrected chi connectivity index (χ1v) is 8.58. The predicted octanol–water partition coefficient (Wildman–Crippen LogP) is -0.262. The Hall–Kier alpha value is -2.00. The van der Waals surface area contributed by atoms with Crippen molar-refractivity contribution in [3.8, 4) is 0 Å². The van der Waals surface area contributed by atoms with Crippen molar-refractivity contribution >= 4 is 11.9 Å². The van der Waals surface area contributed by atoms with Crippen LogP contribution in [0.4, 0.5) is 0 Å². The molecule has 1 atom stereocenters. The molecule has 1 fully saturated rings. The first-order valence-electron chi connectivity index (χ1n) is 8.58. The average molecular weight is 352 g/mol. The average Bonchev–Trinajstić information content (AvgIpc) is 3.01. The van der Waals surface area contributed by atoms with Gasteiger partial charge in [-0.1, -0.05) is 5.21 Å². The van der Waals surface area contributed by atoms with Crippen molar-refractivity contribution in [1.29, 1.82) is 0 Å². The quantitative estimate of drug-likeness (QED) is 0.724. The van der Waals surface area contributed by atoms with E-state index in [0.717, 1.165) is 13.1 Å². The number of hydrogen-bond donors (Lipinski definition) is 2. The second-order valence-corrected chi connectivity index (χ2v) is 7.32. The van der Waals surface area contributed by atoms with E-state index in [9.17, 15) is 9.59 Å². The van der Waals surface area contributed by atoms with Crippen LogP contribution in [0.15, 0.2) is 6.20 Å². The number of piperazine rings is 1. The Balaban J connectivity index is 1.98. The second kappa shape index (κ2) is 7.92. The van der Waals surface area contributed by atoms with Crippen molar-refractivity contribution < 1.29 is 14.7 Å². The number of carbonyl (C=O) groups is 2. The van der Waals surface area contributed by atoms with Gasteiger partial charge in [0.25, 0.3) is 0 Å². The van der Waals surface area contributed by atoms with Crippen molar-refractivity contribution in [2.45, 2.75) is 45.2 Å². The molecule has 1 saturated heterocycles. The summed E-state index contributed by atoms with van der Waals surface area (Å²) in [4.78, 5) is 27.6. The number of nitrogens with zero attached hydrogens (tertiary/aromatic N) is 5. The van der Waals surface area contributed by atoms with E-state index < -0.39 is 12.0 Å². The molecule has 1 aliphatic rings. The van der Waals surface area contributed by atoms with Crippen molar-refractivity contribution in [2.75, 3.05) is 32.7 Å². The molecule has 9 heteroatoms. The molecule has 2 rings (SSSR count). The lowest BCUT2D eigenvalue weighted by atomic mass is 10.0. The third-order valence-electron chi connectivity index (χ3n) is 4.52. The fourth-order valence-corrected chi connectivity index (χ4v) is 2.95. The molecular formula is C16H28N6O3. The number of rotatable bonds is 6. The molecule has 25 heavy (non-hydrogen) atoms. The molecule has 0 saturated carbocycles. The Bertz CT molecular complexity index is 601. The van der Waals surface area contributed by atoms with Crippen LogP contribution < -0.4 is 5.73 Å². The minimum absolute atomic E-state index is 0.0192. The zero-order valence-electron chi connectivity index (χ0n) is 15.2. The Morgan fingerprint density at radius 3 is 2.44 bits per heavy atom. The number of aryl methyl sites for hydroxylation is 1. The van der Waals surface area contributed by atoms with Crippen LogP contribution >= 0.6 is 0 Å². The van der Waals surface area contributed by atoms with Gasteiger partial charge >= 0.3 is 5.97 Å². The number of aromatic nitrogens is 3. The number of hydrogen-bond acceptors (Lipinski definition) is 6. The van der Waals surface area contributed by atoms with Gasteiger partial charge in [-0.3, -0.25) is 14.5 Å². The maximum atomic E-state index is 12.8. The lowest BCUT2D eigenvalue weighted by molar-refractivity contribution is -0.138. The summed E-state index contributed by atoms with van der Waals surface area (Å²) in [5.41, 5.74) is 6.44. The normalized spacial score (nSPS) is 17.5. The first-order chi connectivity index (χ1) is 11.7. The Morgan fingerprint density at radius 2 is 1.92 bits per heavy atom. The molecule has 0 bridgehead atoms. The van der Waals surface area contributed by atoms with E-state index in [1.807, 2.05) is 4.90 Å². The van der Waals surface area contributed by atoms with E-state index in [0.29, 0.717) is 18.8 Å². The van der Waals surface area contributed by atoms with Crippen LogP contribution in [0.1, 0.15) is 38.9 Å². The van der Waals surface area contributed by atoms with E-state index in [1.54, 1.807) is 6.20 Å². The Kier molecular flexibility index (Phi) is 6.12. The molecule has 0 spiro atoms. The van der Waals surface area contributed by atoms with E-state index in [4.69, 9.17) is 10.8 Å².